The Balaban J connectivity index is 2.13. The number of para-hydroxylation sites is 1. The molecule has 0 bridgehead atoms. The summed E-state index contributed by atoms with van der Waals surface area (Å²) in [6.45, 7) is 4.56. The van der Waals surface area contributed by atoms with Gasteiger partial charge in [-0.25, -0.2) is 13.1 Å². The molecular weight excluding hydrogens is 286 g/mol. The summed E-state index contributed by atoms with van der Waals surface area (Å²) in [6, 6.07) is 14.2. The summed E-state index contributed by atoms with van der Waals surface area (Å²) in [4.78, 5) is 0.266. The molecule has 0 atom stereocenters. The third kappa shape index (κ3) is 4.06. The van der Waals surface area contributed by atoms with Gasteiger partial charge in [-0.05, 0) is 32.0 Å². The molecule has 2 rings (SSSR count). The number of rotatable bonds is 6. The zero-order chi connectivity index (χ0) is 15.3. The van der Waals surface area contributed by atoms with Crippen LogP contribution < -0.4 is 9.46 Å². The molecule has 0 amide bonds. The van der Waals surface area contributed by atoms with Gasteiger partial charge >= 0.3 is 0 Å². The van der Waals surface area contributed by atoms with Gasteiger partial charge in [0.1, 0.15) is 5.75 Å². The summed E-state index contributed by atoms with van der Waals surface area (Å²) < 4.78 is 32.6. The Bertz CT molecular complexity index is 694. The summed E-state index contributed by atoms with van der Waals surface area (Å²) in [5.74, 6) is 0.701. The van der Waals surface area contributed by atoms with E-state index >= 15 is 0 Å². The van der Waals surface area contributed by atoms with Crippen LogP contribution in [-0.4, -0.2) is 15.0 Å². The van der Waals surface area contributed by atoms with E-state index in [9.17, 15) is 8.42 Å². The average molecular weight is 305 g/mol. The van der Waals surface area contributed by atoms with Crippen molar-refractivity contribution in [1.82, 2.24) is 4.72 Å². The maximum atomic E-state index is 12.2. The minimum atomic E-state index is -3.51. The lowest BCUT2D eigenvalue weighted by Crippen LogP contribution is -2.23. The van der Waals surface area contributed by atoms with Crippen molar-refractivity contribution in [2.75, 3.05) is 6.61 Å². The lowest BCUT2D eigenvalue weighted by molar-refractivity contribution is 0.336. The summed E-state index contributed by atoms with van der Waals surface area (Å²) >= 11 is 0. The molecule has 0 heterocycles. The van der Waals surface area contributed by atoms with Crippen molar-refractivity contribution >= 4 is 10.0 Å². The Hall–Kier alpha value is -1.85. The molecule has 2 aromatic rings. The average Bonchev–Trinajstić information content (AvgIpc) is 2.47. The monoisotopic (exact) mass is 305 g/mol. The first-order valence-corrected chi connectivity index (χ1v) is 8.28. The van der Waals surface area contributed by atoms with Crippen LogP contribution >= 0.6 is 0 Å². The number of hydrogen-bond donors (Lipinski definition) is 1. The molecule has 0 saturated heterocycles. The standard InChI is InChI=1S/C16H19NO3S/c1-3-20-16-7-5-4-6-14(16)12-17-21(18,19)15-10-8-13(2)9-11-15/h4-11,17H,3,12H2,1-2H3. The van der Waals surface area contributed by atoms with Crippen molar-refractivity contribution in [3.8, 4) is 5.75 Å². The molecule has 4 nitrogen and oxygen atoms in total. The second-order valence-corrected chi connectivity index (χ2v) is 6.45. The molecule has 0 spiro atoms. The fourth-order valence-corrected chi connectivity index (χ4v) is 2.93. The number of hydrogen-bond acceptors (Lipinski definition) is 3. The highest BCUT2D eigenvalue weighted by Crippen LogP contribution is 2.18. The summed E-state index contributed by atoms with van der Waals surface area (Å²) in [7, 11) is -3.51. The molecule has 0 saturated carbocycles. The van der Waals surface area contributed by atoms with Crippen molar-refractivity contribution < 1.29 is 13.2 Å². The Labute approximate surface area is 125 Å². The maximum Gasteiger partial charge on any atom is 0.240 e. The molecule has 112 valence electrons. The van der Waals surface area contributed by atoms with E-state index in [-0.39, 0.29) is 11.4 Å². The van der Waals surface area contributed by atoms with E-state index in [0.29, 0.717) is 12.4 Å². The smallest absolute Gasteiger partial charge is 0.240 e. The van der Waals surface area contributed by atoms with E-state index in [1.54, 1.807) is 24.3 Å². The van der Waals surface area contributed by atoms with Gasteiger partial charge in [-0.3, -0.25) is 0 Å². The van der Waals surface area contributed by atoms with Crippen LogP contribution in [0.25, 0.3) is 0 Å². The zero-order valence-corrected chi connectivity index (χ0v) is 13.0. The number of ether oxygens (including phenoxy) is 1. The van der Waals surface area contributed by atoms with Gasteiger partial charge < -0.3 is 4.74 Å². The highest BCUT2D eigenvalue weighted by atomic mass is 32.2. The first-order valence-electron chi connectivity index (χ1n) is 6.80. The lowest BCUT2D eigenvalue weighted by atomic mass is 10.2. The summed E-state index contributed by atoms with van der Waals surface area (Å²) in [5.41, 5.74) is 1.84. The molecule has 5 heteroatoms. The molecule has 0 unspecified atom stereocenters. The van der Waals surface area contributed by atoms with Gasteiger partial charge in [0, 0.05) is 12.1 Å². The second kappa shape index (κ2) is 6.74. The predicted octanol–water partition coefficient (Wildman–Crippen LogP) is 2.87. The van der Waals surface area contributed by atoms with Gasteiger partial charge in [0.15, 0.2) is 0 Å². The predicted molar refractivity (Wildman–Crippen MR) is 82.8 cm³/mol. The van der Waals surface area contributed by atoms with E-state index in [2.05, 4.69) is 4.72 Å². The lowest BCUT2D eigenvalue weighted by Gasteiger charge is -2.11. The van der Waals surface area contributed by atoms with Gasteiger partial charge in [-0.1, -0.05) is 35.9 Å². The van der Waals surface area contributed by atoms with Crippen molar-refractivity contribution in [1.29, 1.82) is 0 Å². The highest BCUT2D eigenvalue weighted by molar-refractivity contribution is 7.89. The van der Waals surface area contributed by atoms with Crippen molar-refractivity contribution in [2.24, 2.45) is 0 Å². The van der Waals surface area contributed by atoms with Gasteiger partial charge in [-0.2, -0.15) is 0 Å². The Morgan fingerprint density at radius 3 is 2.38 bits per heavy atom. The van der Waals surface area contributed by atoms with Gasteiger partial charge in [0.2, 0.25) is 10.0 Å². The Kier molecular flexibility index (Phi) is 4.98. The highest BCUT2D eigenvalue weighted by Gasteiger charge is 2.14. The molecule has 0 aromatic heterocycles. The number of nitrogens with one attached hydrogen (secondary N) is 1. The fourth-order valence-electron chi connectivity index (χ4n) is 1.92. The van der Waals surface area contributed by atoms with Crippen LogP contribution in [0.4, 0.5) is 0 Å². The SMILES string of the molecule is CCOc1ccccc1CNS(=O)(=O)c1ccc(C)cc1. The van der Waals surface area contributed by atoms with E-state index in [0.717, 1.165) is 11.1 Å². The van der Waals surface area contributed by atoms with Crippen LogP contribution in [0.3, 0.4) is 0 Å². The third-order valence-electron chi connectivity index (χ3n) is 3.06. The van der Waals surface area contributed by atoms with E-state index in [4.69, 9.17) is 4.74 Å². The molecular formula is C16H19NO3S. The van der Waals surface area contributed by atoms with Crippen LogP contribution in [0.1, 0.15) is 18.1 Å². The fraction of sp³-hybridized carbons (Fsp3) is 0.250. The molecule has 0 fully saturated rings. The van der Waals surface area contributed by atoms with Gasteiger partial charge in [-0.15, -0.1) is 0 Å². The molecule has 1 N–H and O–H groups in total. The minimum absolute atomic E-state index is 0.201. The number of benzene rings is 2. The first kappa shape index (κ1) is 15.5. The van der Waals surface area contributed by atoms with Gasteiger partial charge in [0.05, 0.1) is 11.5 Å². The normalized spacial score (nSPS) is 11.3. The first-order chi connectivity index (χ1) is 10.0. The molecule has 0 aliphatic carbocycles. The Morgan fingerprint density at radius 2 is 1.71 bits per heavy atom. The van der Waals surface area contributed by atoms with Crippen LogP contribution in [0.2, 0.25) is 0 Å². The molecule has 0 aliphatic heterocycles. The number of sulfonamides is 1. The van der Waals surface area contributed by atoms with E-state index in [1.807, 2.05) is 38.1 Å². The third-order valence-corrected chi connectivity index (χ3v) is 4.47. The Morgan fingerprint density at radius 1 is 1.05 bits per heavy atom. The van der Waals surface area contributed by atoms with Crippen molar-refractivity contribution in [3.63, 3.8) is 0 Å². The van der Waals surface area contributed by atoms with Crippen LogP contribution in [0, 0.1) is 6.92 Å². The van der Waals surface area contributed by atoms with Crippen LogP contribution in [0.15, 0.2) is 53.4 Å². The summed E-state index contributed by atoms with van der Waals surface area (Å²) in [6.07, 6.45) is 0. The van der Waals surface area contributed by atoms with Gasteiger partial charge in [0.25, 0.3) is 0 Å². The topological polar surface area (TPSA) is 55.4 Å². The summed E-state index contributed by atoms with van der Waals surface area (Å²) in [5, 5.41) is 0. The molecule has 21 heavy (non-hydrogen) atoms. The molecule has 2 aromatic carbocycles. The van der Waals surface area contributed by atoms with Crippen molar-refractivity contribution in [2.45, 2.75) is 25.3 Å². The number of aryl methyl sites for hydroxylation is 1. The quantitative estimate of drug-likeness (QED) is 0.893. The molecule has 0 aliphatic rings. The maximum absolute atomic E-state index is 12.2. The van der Waals surface area contributed by atoms with Crippen LogP contribution in [-0.2, 0) is 16.6 Å². The largest absolute Gasteiger partial charge is 0.494 e. The second-order valence-electron chi connectivity index (χ2n) is 4.68. The van der Waals surface area contributed by atoms with E-state index < -0.39 is 10.0 Å². The molecule has 0 radical (unpaired) electrons. The minimum Gasteiger partial charge on any atom is -0.494 e. The van der Waals surface area contributed by atoms with E-state index in [1.165, 1.54) is 0 Å². The van der Waals surface area contributed by atoms with Crippen molar-refractivity contribution in [3.05, 3.63) is 59.7 Å². The van der Waals surface area contributed by atoms with Crippen LogP contribution in [0.5, 0.6) is 5.75 Å². The zero-order valence-electron chi connectivity index (χ0n) is 12.2.